The van der Waals surface area contributed by atoms with Gasteiger partial charge in [-0.1, -0.05) is 12.1 Å². The lowest BCUT2D eigenvalue weighted by atomic mass is 9.91. The molecule has 1 unspecified atom stereocenters. The molecule has 0 spiro atoms. The maximum atomic E-state index is 10.6. The van der Waals surface area contributed by atoms with Crippen LogP contribution in [0.4, 0.5) is 0 Å². The molecule has 0 aliphatic rings. The second-order valence-electron chi connectivity index (χ2n) is 4.81. The summed E-state index contributed by atoms with van der Waals surface area (Å²) in [5, 5.41) is 19.3. The van der Waals surface area contributed by atoms with E-state index in [4.69, 9.17) is 9.15 Å². The summed E-state index contributed by atoms with van der Waals surface area (Å²) >= 11 is 0. The number of nitrogens with zero attached hydrogens (tertiary/aromatic N) is 1. The predicted octanol–water partition coefficient (Wildman–Crippen LogP) is 2.54. The van der Waals surface area contributed by atoms with Crippen LogP contribution in [0, 0.1) is 0 Å². The van der Waals surface area contributed by atoms with Crippen molar-refractivity contribution in [1.82, 2.24) is 4.98 Å². The van der Waals surface area contributed by atoms with Gasteiger partial charge in [0.05, 0.1) is 0 Å². The van der Waals surface area contributed by atoms with E-state index in [0.717, 1.165) is 5.56 Å². The van der Waals surface area contributed by atoms with E-state index in [2.05, 4.69) is 4.98 Å². The third-order valence-corrected chi connectivity index (χ3v) is 3.45. The number of aromatic nitrogens is 1. The van der Waals surface area contributed by atoms with E-state index in [1.807, 2.05) is 0 Å². The molecule has 6 nitrogen and oxygen atoms in total. The number of rotatable bonds is 5. The number of hydrogen-bond donors (Lipinski definition) is 2. The molecule has 1 aromatic heterocycles. The van der Waals surface area contributed by atoms with Crippen molar-refractivity contribution < 1.29 is 24.2 Å². The van der Waals surface area contributed by atoms with Crippen molar-refractivity contribution in [1.29, 1.82) is 0 Å². The SMILES string of the molecule is O=COCC(c1ccc(O)cc1)c1cc(O)cc2ncoc12. The first-order valence-corrected chi connectivity index (χ1v) is 6.59. The number of benzene rings is 2. The van der Waals surface area contributed by atoms with Crippen molar-refractivity contribution in [3.05, 3.63) is 53.9 Å². The van der Waals surface area contributed by atoms with Gasteiger partial charge in [0, 0.05) is 17.5 Å². The van der Waals surface area contributed by atoms with E-state index >= 15 is 0 Å². The Morgan fingerprint density at radius 2 is 1.95 bits per heavy atom. The molecule has 0 amide bonds. The first kappa shape index (κ1) is 13.9. The Bertz CT molecular complexity index is 794. The molecular formula is C16H13NO5. The molecule has 0 saturated heterocycles. The zero-order chi connectivity index (χ0) is 15.5. The number of oxazole rings is 1. The highest BCUT2D eigenvalue weighted by molar-refractivity contribution is 5.79. The topological polar surface area (TPSA) is 92.8 Å². The lowest BCUT2D eigenvalue weighted by Gasteiger charge is -2.17. The van der Waals surface area contributed by atoms with E-state index < -0.39 is 0 Å². The molecule has 0 fully saturated rings. The molecule has 0 aliphatic heterocycles. The summed E-state index contributed by atoms with van der Waals surface area (Å²) in [5.74, 6) is -0.167. The third-order valence-electron chi connectivity index (χ3n) is 3.45. The quantitative estimate of drug-likeness (QED) is 0.703. The maximum Gasteiger partial charge on any atom is 0.293 e. The molecule has 1 atom stereocenters. The van der Waals surface area contributed by atoms with Crippen LogP contribution in [0.3, 0.4) is 0 Å². The monoisotopic (exact) mass is 299 g/mol. The smallest absolute Gasteiger partial charge is 0.293 e. The molecule has 0 saturated carbocycles. The zero-order valence-electron chi connectivity index (χ0n) is 11.5. The van der Waals surface area contributed by atoms with E-state index in [1.54, 1.807) is 30.3 Å². The number of fused-ring (bicyclic) bond motifs is 1. The molecule has 6 heteroatoms. The first-order valence-electron chi connectivity index (χ1n) is 6.59. The summed E-state index contributed by atoms with van der Waals surface area (Å²) in [4.78, 5) is 14.6. The molecule has 0 bridgehead atoms. The number of phenols is 2. The molecule has 22 heavy (non-hydrogen) atoms. The van der Waals surface area contributed by atoms with Gasteiger partial charge in [-0.3, -0.25) is 4.79 Å². The fourth-order valence-corrected chi connectivity index (χ4v) is 2.45. The Kier molecular flexibility index (Phi) is 3.65. The molecular weight excluding hydrogens is 286 g/mol. The van der Waals surface area contributed by atoms with Crippen LogP contribution < -0.4 is 0 Å². The van der Waals surface area contributed by atoms with E-state index in [0.29, 0.717) is 23.1 Å². The number of carbonyl (C=O) groups is 1. The normalized spacial score (nSPS) is 12.2. The fourth-order valence-electron chi connectivity index (χ4n) is 2.45. The van der Waals surface area contributed by atoms with Crippen LogP contribution in [-0.2, 0) is 9.53 Å². The van der Waals surface area contributed by atoms with Gasteiger partial charge in [-0.05, 0) is 23.8 Å². The Labute approximate surface area is 125 Å². The average Bonchev–Trinajstić information content (AvgIpc) is 2.97. The number of aromatic hydroxyl groups is 2. The van der Waals surface area contributed by atoms with Crippen LogP contribution in [0.15, 0.2) is 47.2 Å². The standard InChI is InChI=1S/C16H13NO5/c18-9-21-7-14(10-1-3-11(19)4-2-10)13-5-12(20)6-15-16(13)22-8-17-15/h1-6,8-9,14,19-20H,7H2. The van der Waals surface area contributed by atoms with E-state index in [-0.39, 0.29) is 24.0 Å². The minimum absolute atomic E-state index is 0.0475. The minimum atomic E-state index is -0.353. The van der Waals surface area contributed by atoms with Gasteiger partial charge in [-0.25, -0.2) is 4.98 Å². The van der Waals surface area contributed by atoms with Crippen molar-refractivity contribution in [2.45, 2.75) is 5.92 Å². The largest absolute Gasteiger partial charge is 0.508 e. The van der Waals surface area contributed by atoms with Gasteiger partial charge >= 0.3 is 0 Å². The highest BCUT2D eigenvalue weighted by Crippen LogP contribution is 2.34. The highest BCUT2D eigenvalue weighted by Gasteiger charge is 2.21. The van der Waals surface area contributed by atoms with Crippen LogP contribution in [0.25, 0.3) is 11.1 Å². The number of phenolic OH excluding ortho intramolecular Hbond substituents is 2. The van der Waals surface area contributed by atoms with Crippen LogP contribution in [0.5, 0.6) is 11.5 Å². The number of hydrogen-bond acceptors (Lipinski definition) is 6. The summed E-state index contributed by atoms with van der Waals surface area (Å²) in [6.07, 6.45) is 1.29. The van der Waals surface area contributed by atoms with E-state index in [1.165, 1.54) is 12.5 Å². The fraction of sp³-hybridized carbons (Fsp3) is 0.125. The van der Waals surface area contributed by atoms with Crippen molar-refractivity contribution in [3.63, 3.8) is 0 Å². The maximum absolute atomic E-state index is 10.6. The van der Waals surface area contributed by atoms with Gasteiger partial charge in [-0.2, -0.15) is 0 Å². The van der Waals surface area contributed by atoms with Gasteiger partial charge in [0.15, 0.2) is 12.0 Å². The van der Waals surface area contributed by atoms with Gasteiger partial charge in [-0.15, -0.1) is 0 Å². The molecule has 2 N–H and O–H groups in total. The van der Waals surface area contributed by atoms with Crippen molar-refractivity contribution >= 4 is 17.6 Å². The summed E-state index contributed by atoms with van der Waals surface area (Å²) in [5.41, 5.74) is 2.50. The lowest BCUT2D eigenvalue weighted by Crippen LogP contribution is -2.09. The predicted molar refractivity (Wildman–Crippen MR) is 77.6 cm³/mol. The minimum Gasteiger partial charge on any atom is -0.508 e. The van der Waals surface area contributed by atoms with Gasteiger partial charge in [0.25, 0.3) is 6.47 Å². The van der Waals surface area contributed by atoms with Crippen LogP contribution in [0.1, 0.15) is 17.0 Å². The Hall–Kier alpha value is -3.02. The molecule has 1 heterocycles. The lowest BCUT2D eigenvalue weighted by molar-refractivity contribution is -0.128. The van der Waals surface area contributed by atoms with Gasteiger partial charge in [0.2, 0.25) is 0 Å². The summed E-state index contributed by atoms with van der Waals surface area (Å²) in [6.45, 7) is 0.446. The Morgan fingerprint density at radius 1 is 1.18 bits per heavy atom. The van der Waals surface area contributed by atoms with Gasteiger partial charge in [0.1, 0.15) is 23.6 Å². The van der Waals surface area contributed by atoms with Crippen molar-refractivity contribution in [3.8, 4) is 11.5 Å². The molecule has 3 rings (SSSR count). The molecule has 3 aromatic rings. The Balaban J connectivity index is 2.13. The van der Waals surface area contributed by atoms with Gasteiger partial charge < -0.3 is 19.4 Å². The summed E-state index contributed by atoms with van der Waals surface area (Å²) in [6, 6.07) is 9.59. The number of carbonyl (C=O) groups excluding carboxylic acids is 1. The zero-order valence-corrected chi connectivity index (χ0v) is 11.5. The average molecular weight is 299 g/mol. The molecule has 2 aromatic carbocycles. The number of ether oxygens (including phenoxy) is 1. The summed E-state index contributed by atoms with van der Waals surface area (Å²) in [7, 11) is 0. The van der Waals surface area contributed by atoms with Crippen LogP contribution in [0.2, 0.25) is 0 Å². The molecule has 0 radical (unpaired) electrons. The van der Waals surface area contributed by atoms with Crippen molar-refractivity contribution in [2.24, 2.45) is 0 Å². The second kappa shape index (κ2) is 5.77. The molecule has 112 valence electrons. The summed E-state index contributed by atoms with van der Waals surface area (Å²) < 4.78 is 10.3. The van der Waals surface area contributed by atoms with Crippen LogP contribution in [-0.4, -0.2) is 28.3 Å². The van der Waals surface area contributed by atoms with Crippen LogP contribution >= 0.6 is 0 Å². The highest BCUT2D eigenvalue weighted by atomic mass is 16.5. The first-order chi connectivity index (χ1) is 10.7. The van der Waals surface area contributed by atoms with Crippen molar-refractivity contribution in [2.75, 3.05) is 6.61 Å². The second-order valence-corrected chi connectivity index (χ2v) is 4.81. The molecule has 0 aliphatic carbocycles. The Morgan fingerprint density at radius 3 is 2.68 bits per heavy atom. The van der Waals surface area contributed by atoms with E-state index in [9.17, 15) is 15.0 Å². The third kappa shape index (κ3) is 2.58.